The van der Waals surface area contributed by atoms with Gasteiger partial charge in [0.25, 0.3) is 5.56 Å². The molecule has 1 aliphatic heterocycles. The minimum Gasteiger partial charge on any atom is -0.376 e. The largest absolute Gasteiger partial charge is 0.376 e. The highest BCUT2D eigenvalue weighted by Crippen LogP contribution is 2.35. The zero-order chi connectivity index (χ0) is 17.4. The predicted octanol–water partition coefficient (Wildman–Crippen LogP) is 2.09. The molecular weight excluding hydrogens is 358 g/mol. The van der Waals surface area contributed by atoms with Gasteiger partial charge in [-0.15, -0.1) is 11.3 Å². The number of carbonyl (C=O) groups is 1. The Kier molecular flexibility index (Phi) is 4.84. The van der Waals surface area contributed by atoms with Crippen molar-refractivity contribution in [2.45, 2.75) is 56.3 Å². The predicted molar refractivity (Wildman–Crippen MR) is 99.4 cm³/mol. The summed E-state index contributed by atoms with van der Waals surface area (Å²) in [6, 6.07) is 0. The topological polar surface area (TPSA) is 87.2 Å². The maximum atomic E-state index is 13.2. The molecule has 0 spiro atoms. The van der Waals surface area contributed by atoms with Crippen molar-refractivity contribution in [3.05, 3.63) is 20.8 Å². The average Bonchev–Trinajstić information content (AvgIpc) is 3.27. The lowest BCUT2D eigenvalue weighted by molar-refractivity contribution is -0.117. The minimum atomic E-state index is -0.336. The number of carbonyl (C=O) groups excluding carboxylic acids is 1. The smallest absolute Gasteiger partial charge is 0.263 e. The molecule has 2 N–H and O–H groups in total. The Labute approximate surface area is 153 Å². The second kappa shape index (κ2) is 7.09. The number of fused-ring (bicyclic) bond motifs is 3. The summed E-state index contributed by atoms with van der Waals surface area (Å²) in [7, 11) is 0. The Morgan fingerprint density at radius 1 is 1.40 bits per heavy atom. The van der Waals surface area contributed by atoms with Gasteiger partial charge in [0.15, 0.2) is 5.16 Å². The number of primary amides is 1. The van der Waals surface area contributed by atoms with Gasteiger partial charge >= 0.3 is 0 Å². The van der Waals surface area contributed by atoms with Gasteiger partial charge in [0.2, 0.25) is 5.91 Å². The summed E-state index contributed by atoms with van der Waals surface area (Å²) in [5.74, 6) is 0.195. The number of amides is 1. The van der Waals surface area contributed by atoms with Gasteiger partial charge in [-0.05, 0) is 37.7 Å². The summed E-state index contributed by atoms with van der Waals surface area (Å²) >= 11 is 3.08. The van der Waals surface area contributed by atoms with Crippen LogP contribution in [0, 0.1) is 0 Å². The molecule has 0 aromatic carbocycles. The Morgan fingerprint density at radius 2 is 2.28 bits per heavy atom. The Balaban J connectivity index is 1.74. The van der Waals surface area contributed by atoms with E-state index in [2.05, 4.69) is 0 Å². The van der Waals surface area contributed by atoms with Gasteiger partial charge in [0.05, 0.1) is 18.0 Å². The van der Waals surface area contributed by atoms with E-state index in [0.29, 0.717) is 17.5 Å². The fourth-order valence-corrected chi connectivity index (χ4v) is 5.83. The van der Waals surface area contributed by atoms with Gasteiger partial charge in [0, 0.05) is 23.7 Å². The number of nitrogens with two attached hydrogens (primary N) is 1. The van der Waals surface area contributed by atoms with Crippen LogP contribution in [0.5, 0.6) is 0 Å². The van der Waals surface area contributed by atoms with Crippen molar-refractivity contribution in [1.29, 1.82) is 0 Å². The van der Waals surface area contributed by atoms with Gasteiger partial charge in [-0.3, -0.25) is 14.2 Å². The summed E-state index contributed by atoms with van der Waals surface area (Å²) in [4.78, 5) is 31.2. The van der Waals surface area contributed by atoms with E-state index in [-0.39, 0.29) is 24.0 Å². The summed E-state index contributed by atoms with van der Waals surface area (Å²) < 4.78 is 7.49. The zero-order valence-electron chi connectivity index (χ0n) is 14.0. The van der Waals surface area contributed by atoms with Gasteiger partial charge in [-0.1, -0.05) is 11.8 Å². The number of rotatable bonds is 6. The van der Waals surface area contributed by atoms with Crippen LogP contribution in [0.1, 0.15) is 36.1 Å². The van der Waals surface area contributed by atoms with Crippen molar-refractivity contribution in [3.8, 4) is 0 Å². The molecular formula is C17H21N3O3S2. The third-order valence-corrected chi connectivity index (χ3v) is 6.94. The van der Waals surface area contributed by atoms with E-state index in [0.717, 1.165) is 48.9 Å². The normalized spacial score (nSPS) is 19.6. The second-order valence-corrected chi connectivity index (χ2v) is 8.69. The first-order chi connectivity index (χ1) is 12.1. The number of ether oxygens (including phenoxy) is 1. The molecule has 4 rings (SSSR count). The fraction of sp³-hybridized carbons (Fsp3) is 0.588. The molecule has 134 valence electrons. The minimum absolute atomic E-state index is 0.0430. The lowest BCUT2D eigenvalue weighted by Gasteiger charge is -2.15. The molecule has 2 aliphatic rings. The SMILES string of the molecule is NC(=O)CCSc1nc2sc3c(c2c(=O)n1C[C@@H]1CCCO1)CCC3. The van der Waals surface area contributed by atoms with E-state index in [1.54, 1.807) is 15.9 Å². The van der Waals surface area contributed by atoms with Gasteiger partial charge in [-0.2, -0.15) is 0 Å². The van der Waals surface area contributed by atoms with Crippen LogP contribution < -0.4 is 11.3 Å². The summed E-state index contributed by atoms with van der Waals surface area (Å²) in [5.41, 5.74) is 6.48. The first kappa shape index (κ1) is 17.1. The van der Waals surface area contributed by atoms with E-state index < -0.39 is 0 Å². The van der Waals surface area contributed by atoms with E-state index in [1.807, 2.05) is 0 Å². The first-order valence-corrected chi connectivity index (χ1v) is 10.5. The number of aryl methyl sites for hydroxylation is 2. The number of thioether (sulfide) groups is 1. The van der Waals surface area contributed by atoms with Crippen LogP contribution in [0.4, 0.5) is 0 Å². The third kappa shape index (κ3) is 3.35. The quantitative estimate of drug-likeness (QED) is 0.613. The number of thiophene rings is 1. The molecule has 0 bridgehead atoms. The molecule has 0 radical (unpaired) electrons. The molecule has 1 fully saturated rings. The van der Waals surface area contributed by atoms with Crippen LogP contribution >= 0.6 is 23.1 Å². The number of hydrogen-bond acceptors (Lipinski definition) is 6. The highest BCUT2D eigenvalue weighted by molar-refractivity contribution is 7.99. The van der Waals surface area contributed by atoms with Gasteiger partial charge < -0.3 is 10.5 Å². The molecule has 25 heavy (non-hydrogen) atoms. The molecule has 0 saturated carbocycles. The molecule has 1 aliphatic carbocycles. The molecule has 0 unspecified atom stereocenters. The summed E-state index contributed by atoms with van der Waals surface area (Å²) in [6.45, 7) is 1.29. The van der Waals surface area contributed by atoms with Crippen LogP contribution in [-0.2, 0) is 28.9 Å². The molecule has 2 aromatic rings. The molecule has 6 nitrogen and oxygen atoms in total. The highest BCUT2D eigenvalue weighted by Gasteiger charge is 2.25. The monoisotopic (exact) mass is 379 g/mol. The standard InChI is InChI=1S/C17H21N3O3S2/c18-13(21)6-8-24-17-19-15-14(11-4-1-5-12(11)25-15)16(22)20(17)9-10-3-2-7-23-10/h10H,1-9H2,(H2,18,21)/t10-/m0/s1. The van der Waals surface area contributed by atoms with E-state index >= 15 is 0 Å². The molecule has 8 heteroatoms. The van der Waals surface area contributed by atoms with Crippen LogP contribution in [0.15, 0.2) is 9.95 Å². The van der Waals surface area contributed by atoms with Crippen LogP contribution in [0.2, 0.25) is 0 Å². The van der Waals surface area contributed by atoms with Crippen molar-refractivity contribution < 1.29 is 9.53 Å². The zero-order valence-corrected chi connectivity index (χ0v) is 15.6. The van der Waals surface area contributed by atoms with Crippen LogP contribution in [0.25, 0.3) is 10.2 Å². The van der Waals surface area contributed by atoms with Gasteiger partial charge in [0.1, 0.15) is 4.83 Å². The van der Waals surface area contributed by atoms with Crippen molar-refractivity contribution in [3.63, 3.8) is 0 Å². The first-order valence-electron chi connectivity index (χ1n) is 8.71. The van der Waals surface area contributed by atoms with E-state index in [1.165, 1.54) is 22.2 Å². The van der Waals surface area contributed by atoms with Crippen molar-refractivity contribution in [2.24, 2.45) is 5.73 Å². The second-order valence-electron chi connectivity index (χ2n) is 6.55. The van der Waals surface area contributed by atoms with Crippen molar-refractivity contribution in [2.75, 3.05) is 12.4 Å². The van der Waals surface area contributed by atoms with Crippen molar-refractivity contribution >= 4 is 39.2 Å². The molecule has 1 amide bonds. The number of nitrogens with zero attached hydrogens (tertiary/aromatic N) is 2. The molecule has 1 atom stereocenters. The van der Waals surface area contributed by atoms with Gasteiger partial charge in [-0.25, -0.2) is 4.98 Å². The molecule has 3 heterocycles. The molecule has 1 saturated heterocycles. The molecule has 2 aromatic heterocycles. The average molecular weight is 380 g/mol. The number of hydrogen-bond donors (Lipinski definition) is 1. The lowest BCUT2D eigenvalue weighted by atomic mass is 10.2. The van der Waals surface area contributed by atoms with Crippen LogP contribution in [0.3, 0.4) is 0 Å². The maximum Gasteiger partial charge on any atom is 0.263 e. The summed E-state index contributed by atoms with van der Waals surface area (Å²) in [5, 5.41) is 1.48. The highest BCUT2D eigenvalue weighted by atomic mass is 32.2. The van der Waals surface area contributed by atoms with Crippen LogP contribution in [-0.4, -0.2) is 33.9 Å². The van der Waals surface area contributed by atoms with Crippen molar-refractivity contribution in [1.82, 2.24) is 9.55 Å². The Hall–Kier alpha value is -1.38. The van der Waals surface area contributed by atoms with E-state index in [9.17, 15) is 9.59 Å². The van der Waals surface area contributed by atoms with E-state index in [4.69, 9.17) is 15.5 Å². The Bertz CT molecular complexity index is 868. The maximum absolute atomic E-state index is 13.2. The fourth-order valence-electron chi connectivity index (χ4n) is 3.56. The number of aromatic nitrogens is 2. The Morgan fingerprint density at radius 3 is 3.04 bits per heavy atom. The third-order valence-electron chi connectivity index (χ3n) is 4.78. The lowest BCUT2D eigenvalue weighted by Crippen LogP contribution is -2.29. The summed E-state index contributed by atoms with van der Waals surface area (Å²) in [6.07, 6.45) is 5.49.